The molecule has 9 heavy (non-hydrogen) atoms. The van der Waals surface area contributed by atoms with Gasteiger partial charge in [0.1, 0.15) is 0 Å². The van der Waals surface area contributed by atoms with Crippen molar-refractivity contribution in [2.45, 2.75) is 0 Å². The summed E-state index contributed by atoms with van der Waals surface area (Å²) in [5.41, 5.74) is 0. The van der Waals surface area contributed by atoms with Gasteiger partial charge in [-0.2, -0.15) is 0 Å². The summed E-state index contributed by atoms with van der Waals surface area (Å²) >= 11 is 7.23. The second-order valence-electron chi connectivity index (χ2n) is 0.408. The average molecular weight is 210 g/mol. The summed E-state index contributed by atoms with van der Waals surface area (Å²) in [4.78, 5) is 0. The van der Waals surface area contributed by atoms with Gasteiger partial charge in [-0.25, -0.2) is 7.71 Å². The van der Waals surface area contributed by atoms with Gasteiger partial charge < -0.3 is 20.1 Å². The molecule has 0 spiro atoms. The minimum absolute atomic E-state index is 0. The van der Waals surface area contributed by atoms with Gasteiger partial charge in [-0.15, -0.1) is 0 Å². The third-order valence-electron chi connectivity index (χ3n) is 0. The Morgan fingerprint density at radius 3 is 0.889 bits per heavy atom. The van der Waals surface area contributed by atoms with Crippen molar-refractivity contribution >= 4 is 30.1 Å². The van der Waals surface area contributed by atoms with E-state index in [1.807, 2.05) is 0 Å². The maximum absolute atomic E-state index is 9.26. The summed E-state index contributed by atoms with van der Waals surface area (Å²) in [6, 6.07) is 0. The second kappa shape index (κ2) is 13.2. The van der Waals surface area contributed by atoms with Crippen molar-refractivity contribution < 1.29 is 79.2 Å². The molecule has 4 N–H and O–H groups in total. The van der Waals surface area contributed by atoms with Crippen molar-refractivity contribution in [3.63, 3.8) is 0 Å². The van der Waals surface area contributed by atoms with Gasteiger partial charge >= 0.3 is 59.1 Å². The van der Waals surface area contributed by atoms with Crippen LogP contribution in [0.4, 0.5) is 0 Å². The van der Waals surface area contributed by atoms with E-state index < -0.39 is 7.71 Å². The standard InChI is InChI=1S/2Na.H2O2S3.2H2O/c;;1-5(2,3)4;;/h;;(H2,1,2,3,4);2*1H2/q2*+1;;;/p-2. The van der Waals surface area contributed by atoms with Crippen LogP contribution in [0.1, 0.15) is 0 Å². The van der Waals surface area contributed by atoms with Crippen LogP contribution in [0.3, 0.4) is 0 Å². The Morgan fingerprint density at radius 1 is 0.889 bits per heavy atom. The molecule has 0 heterocycles. The van der Waals surface area contributed by atoms with E-state index in [4.69, 9.17) is 0 Å². The van der Waals surface area contributed by atoms with Crippen LogP contribution in [-0.4, -0.2) is 20.1 Å². The van der Waals surface area contributed by atoms with E-state index in [2.05, 4.69) is 22.4 Å². The first-order valence-corrected chi connectivity index (χ1v) is 4.00. The van der Waals surface area contributed by atoms with Crippen LogP contribution in [0.2, 0.25) is 0 Å². The second-order valence-corrected chi connectivity index (χ2v) is 4.49. The van der Waals surface area contributed by atoms with Crippen LogP contribution in [0, 0.1) is 0 Å². The van der Waals surface area contributed by atoms with Gasteiger partial charge in [-0.1, -0.05) is 22.4 Å². The van der Waals surface area contributed by atoms with Crippen LogP contribution >= 0.6 is 0 Å². The first-order valence-electron chi connectivity index (χ1n) is 0.667. The van der Waals surface area contributed by atoms with E-state index in [0.717, 1.165) is 0 Å². The van der Waals surface area contributed by atoms with Crippen LogP contribution in [0.25, 0.3) is 0 Å². The van der Waals surface area contributed by atoms with Crippen molar-refractivity contribution in [2.24, 2.45) is 0 Å². The van der Waals surface area contributed by atoms with Crippen molar-refractivity contribution in [3.8, 4) is 0 Å². The zero-order chi connectivity index (χ0) is 4.50. The first-order chi connectivity index (χ1) is 2.00. The maximum Gasteiger partial charge on any atom is 1.00 e. The fourth-order valence-electron chi connectivity index (χ4n) is 0. The molecule has 0 amide bonds. The predicted molar refractivity (Wildman–Crippen MR) is 30.9 cm³/mol. The molecule has 4 nitrogen and oxygen atoms in total. The molecule has 0 aliphatic carbocycles. The molecule has 0 rings (SSSR count). The Bertz CT molecular complexity index is 97.0. The van der Waals surface area contributed by atoms with E-state index in [-0.39, 0.29) is 70.1 Å². The maximum atomic E-state index is 9.26. The van der Waals surface area contributed by atoms with Gasteiger partial charge in [0.2, 0.25) is 0 Å². The Balaban J connectivity index is -0.0000000133. The Kier molecular flexibility index (Phi) is 44.0. The van der Waals surface area contributed by atoms with Crippen LogP contribution in [-0.2, 0) is 30.1 Å². The fourth-order valence-corrected chi connectivity index (χ4v) is 0. The third-order valence-corrected chi connectivity index (χ3v) is 0. The van der Waals surface area contributed by atoms with E-state index in [9.17, 15) is 9.11 Å². The molecule has 0 unspecified atom stereocenters. The van der Waals surface area contributed by atoms with Gasteiger partial charge in [0.05, 0.1) is 0 Å². The van der Waals surface area contributed by atoms with Gasteiger partial charge in [-0.05, 0) is 0 Å². The summed E-state index contributed by atoms with van der Waals surface area (Å²) < 4.78 is 18.5. The largest absolute Gasteiger partial charge is 1.00 e. The zero-order valence-electron chi connectivity index (χ0n) is 5.04. The monoisotopic (exact) mass is 210 g/mol. The van der Waals surface area contributed by atoms with Crippen molar-refractivity contribution in [1.82, 2.24) is 0 Å². The third kappa shape index (κ3) is 114. The number of hydrogen-bond acceptors (Lipinski definition) is 4. The molecule has 0 fully saturated rings. The Hall–Kier alpha value is 2.63. The minimum Gasteiger partial charge on any atom is -0.801 e. The molecule has 0 bridgehead atoms. The molecule has 0 atom stereocenters. The minimum atomic E-state index is -3.50. The quantitative estimate of drug-likeness (QED) is 0.370. The first kappa shape index (κ1) is 29.9. The molecule has 9 heteroatoms. The van der Waals surface area contributed by atoms with E-state index in [0.29, 0.717) is 0 Å². The molecule has 0 aromatic carbocycles. The summed E-state index contributed by atoms with van der Waals surface area (Å²) in [7, 11) is -3.50. The molecule has 48 valence electrons. The molecule has 0 aliphatic rings. The van der Waals surface area contributed by atoms with Crippen molar-refractivity contribution in [1.29, 1.82) is 0 Å². The molecule has 0 aromatic rings. The fraction of sp³-hybridized carbons (Fsp3) is 0. The van der Waals surface area contributed by atoms with Crippen LogP contribution in [0.5, 0.6) is 0 Å². The van der Waals surface area contributed by atoms with Gasteiger partial charge in [0.15, 0.2) is 0 Å². The average Bonchev–Trinajstić information content (AvgIpc) is 0.722. The SMILES string of the molecule is O.O.[Na+].[Na+].[O-]S([O-])(=S)=S. The zero-order valence-corrected chi connectivity index (χ0v) is 11.5. The van der Waals surface area contributed by atoms with Gasteiger partial charge in [0, 0.05) is 0 Å². The molecule has 0 aromatic heterocycles. The molecule has 0 aliphatic heterocycles. The van der Waals surface area contributed by atoms with Crippen molar-refractivity contribution in [2.75, 3.05) is 0 Å². The predicted octanol–water partition coefficient (Wildman–Crippen LogP) is -8.32. The molecular formula is H4Na2O4S3. The van der Waals surface area contributed by atoms with Gasteiger partial charge in [-0.3, -0.25) is 0 Å². The molecule has 0 saturated carbocycles. The Morgan fingerprint density at radius 2 is 0.889 bits per heavy atom. The van der Waals surface area contributed by atoms with E-state index >= 15 is 0 Å². The van der Waals surface area contributed by atoms with Gasteiger partial charge in [0.25, 0.3) is 0 Å². The smallest absolute Gasteiger partial charge is 0.801 e. The summed E-state index contributed by atoms with van der Waals surface area (Å²) in [5.74, 6) is 0. The van der Waals surface area contributed by atoms with Crippen LogP contribution < -0.4 is 59.1 Å². The summed E-state index contributed by atoms with van der Waals surface area (Å²) in [5, 5.41) is 0. The van der Waals surface area contributed by atoms with Crippen LogP contribution in [0.15, 0.2) is 0 Å². The molecule has 0 saturated heterocycles. The summed E-state index contributed by atoms with van der Waals surface area (Å²) in [6.07, 6.45) is 0. The van der Waals surface area contributed by atoms with E-state index in [1.54, 1.807) is 0 Å². The summed E-state index contributed by atoms with van der Waals surface area (Å²) in [6.45, 7) is 0. The van der Waals surface area contributed by atoms with E-state index in [1.165, 1.54) is 0 Å². The number of hydrogen-bond donors (Lipinski definition) is 0. The number of rotatable bonds is 0. The normalized spacial score (nSPS) is 6.44. The molecular weight excluding hydrogens is 206 g/mol. The molecule has 0 radical (unpaired) electrons. The topological polar surface area (TPSA) is 109 Å². The van der Waals surface area contributed by atoms with Crippen molar-refractivity contribution in [3.05, 3.63) is 0 Å². The Labute approximate surface area is 107 Å².